The van der Waals surface area contributed by atoms with Crippen molar-refractivity contribution in [2.24, 2.45) is 10.9 Å². The third-order valence-electron chi connectivity index (χ3n) is 3.71. The van der Waals surface area contributed by atoms with Crippen LogP contribution in [0.5, 0.6) is 0 Å². The number of carbonyl (C=O) groups is 1. The first kappa shape index (κ1) is 16.8. The van der Waals surface area contributed by atoms with Gasteiger partial charge in [-0.05, 0) is 25.7 Å². The molecule has 116 valence electrons. The summed E-state index contributed by atoms with van der Waals surface area (Å²) < 4.78 is 4.61. The van der Waals surface area contributed by atoms with Crippen molar-refractivity contribution in [3.8, 4) is 0 Å². The van der Waals surface area contributed by atoms with Crippen LogP contribution in [0.3, 0.4) is 0 Å². The smallest absolute Gasteiger partial charge is 0.307 e. The van der Waals surface area contributed by atoms with Gasteiger partial charge in [0.1, 0.15) is 0 Å². The average molecular weight is 283 g/mol. The first-order valence-electron chi connectivity index (χ1n) is 7.85. The van der Waals surface area contributed by atoms with E-state index in [1.807, 2.05) is 6.92 Å². The van der Waals surface area contributed by atoms with Gasteiger partial charge in [0, 0.05) is 19.6 Å². The van der Waals surface area contributed by atoms with Crippen molar-refractivity contribution in [1.82, 2.24) is 10.6 Å². The third kappa shape index (κ3) is 7.36. The van der Waals surface area contributed by atoms with Crippen LogP contribution in [0.1, 0.15) is 51.9 Å². The highest BCUT2D eigenvalue weighted by Crippen LogP contribution is 2.28. The average Bonchev–Trinajstić information content (AvgIpc) is 2.96. The van der Waals surface area contributed by atoms with Gasteiger partial charge in [-0.15, -0.1) is 0 Å². The molecule has 0 aromatic carbocycles. The number of nitrogens with one attached hydrogen (secondary N) is 2. The van der Waals surface area contributed by atoms with Gasteiger partial charge < -0.3 is 15.4 Å². The molecule has 0 spiro atoms. The van der Waals surface area contributed by atoms with Gasteiger partial charge in [0.05, 0.1) is 13.5 Å². The number of methoxy groups -OCH3 is 1. The van der Waals surface area contributed by atoms with Crippen LogP contribution in [-0.4, -0.2) is 38.7 Å². The van der Waals surface area contributed by atoms with Crippen molar-refractivity contribution in [3.63, 3.8) is 0 Å². The molecule has 1 aliphatic rings. The van der Waals surface area contributed by atoms with Gasteiger partial charge in [-0.2, -0.15) is 0 Å². The Labute approximate surface area is 122 Å². The van der Waals surface area contributed by atoms with E-state index in [0.29, 0.717) is 13.0 Å². The Hall–Kier alpha value is -1.26. The highest BCUT2D eigenvalue weighted by molar-refractivity contribution is 5.80. The van der Waals surface area contributed by atoms with Gasteiger partial charge in [0.15, 0.2) is 5.96 Å². The molecule has 5 nitrogen and oxygen atoms in total. The number of aliphatic imine (C=N–C) groups is 1. The highest BCUT2D eigenvalue weighted by Gasteiger charge is 2.13. The maximum atomic E-state index is 11.0. The standard InChI is InChI=1S/C15H29N3O2/c1-3-16-15(18-12-10-14(19)20-2)17-11-6-9-13-7-4-5-8-13/h13H,3-12H2,1-2H3,(H2,16,17,18). The Kier molecular flexibility index (Phi) is 8.83. The number of carbonyl (C=O) groups excluding carboxylic acids is 1. The van der Waals surface area contributed by atoms with E-state index in [1.54, 1.807) is 0 Å². The van der Waals surface area contributed by atoms with Crippen molar-refractivity contribution in [1.29, 1.82) is 0 Å². The highest BCUT2D eigenvalue weighted by atomic mass is 16.5. The molecule has 0 bridgehead atoms. The van der Waals surface area contributed by atoms with Crippen LogP contribution in [0.2, 0.25) is 0 Å². The number of guanidine groups is 1. The quantitative estimate of drug-likeness (QED) is 0.310. The molecule has 0 atom stereocenters. The zero-order valence-electron chi connectivity index (χ0n) is 12.9. The molecule has 0 radical (unpaired) electrons. The minimum Gasteiger partial charge on any atom is -0.469 e. The van der Waals surface area contributed by atoms with Crippen molar-refractivity contribution >= 4 is 11.9 Å². The Morgan fingerprint density at radius 3 is 2.70 bits per heavy atom. The number of rotatable bonds is 8. The fourth-order valence-electron chi connectivity index (χ4n) is 2.60. The summed E-state index contributed by atoms with van der Waals surface area (Å²) in [7, 11) is 1.41. The Morgan fingerprint density at radius 2 is 2.05 bits per heavy atom. The Morgan fingerprint density at radius 1 is 1.30 bits per heavy atom. The molecule has 0 heterocycles. The number of esters is 1. The fraction of sp³-hybridized carbons (Fsp3) is 0.867. The lowest BCUT2D eigenvalue weighted by molar-refractivity contribution is -0.140. The summed E-state index contributed by atoms with van der Waals surface area (Å²) in [5.74, 6) is 1.53. The van der Waals surface area contributed by atoms with E-state index in [1.165, 1.54) is 39.2 Å². The maximum absolute atomic E-state index is 11.0. The van der Waals surface area contributed by atoms with E-state index >= 15 is 0 Å². The predicted octanol–water partition coefficient (Wildman–Crippen LogP) is 2.08. The third-order valence-corrected chi connectivity index (χ3v) is 3.71. The molecule has 0 aromatic rings. The van der Waals surface area contributed by atoms with E-state index < -0.39 is 0 Å². The maximum Gasteiger partial charge on any atom is 0.307 e. The van der Waals surface area contributed by atoms with Crippen molar-refractivity contribution in [2.75, 3.05) is 26.7 Å². The fourth-order valence-corrected chi connectivity index (χ4v) is 2.60. The molecule has 1 aliphatic carbocycles. The van der Waals surface area contributed by atoms with E-state index in [9.17, 15) is 4.79 Å². The number of ether oxygens (including phenoxy) is 1. The normalized spacial score (nSPS) is 16.2. The molecule has 1 saturated carbocycles. The Bertz CT molecular complexity index is 299. The minimum atomic E-state index is -0.199. The summed E-state index contributed by atoms with van der Waals surface area (Å²) in [5.41, 5.74) is 0. The topological polar surface area (TPSA) is 62.7 Å². The molecular formula is C15H29N3O2. The van der Waals surface area contributed by atoms with Crippen molar-refractivity contribution < 1.29 is 9.53 Å². The van der Waals surface area contributed by atoms with Crippen molar-refractivity contribution in [2.45, 2.75) is 51.9 Å². The second-order valence-corrected chi connectivity index (χ2v) is 5.31. The summed E-state index contributed by atoms with van der Waals surface area (Å²) in [6.45, 7) is 4.27. The van der Waals surface area contributed by atoms with Crippen molar-refractivity contribution in [3.05, 3.63) is 0 Å². The van der Waals surface area contributed by atoms with Gasteiger partial charge in [-0.25, -0.2) is 0 Å². The van der Waals surface area contributed by atoms with E-state index in [0.717, 1.165) is 31.4 Å². The van der Waals surface area contributed by atoms with Gasteiger partial charge in [-0.3, -0.25) is 9.79 Å². The first-order chi connectivity index (χ1) is 9.76. The molecule has 1 fully saturated rings. The summed E-state index contributed by atoms with van der Waals surface area (Å²) in [4.78, 5) is 15.6. The molecular weight excluding hydrogens is 254 g/mol. The first-order valence-corrected chi connectivity index (χ1v) is 7.85. The lowest BCUT2D eigenvalue weighted by atomic mass is 10.0. The van der Waals surface area contributed by atoms with E-state index in [-0.39, 0.29) is 5.97 Å². The summed E-state index contributed by atoms with van der Waals surface area (Å²) in [5, 5.41) is 6.34. The minimum absolute atomic E-state index is 0.199. The molecule has 0 saturated heterocycles. The second kappa shape index (κ2) is 10.5. The van der Waals surface area contributed by atoms with E-state index in [4.69, 9.17) is 0 Å². The monoisotopic (exact) mass is 283 g/mol. The van der Waals surface area contributed by atoms with Crippen LogP contribution in [0.15, 0.2) is 4.99 Å². The Balaban J connectivity index is 2.17. The van der Waals surface area contributed by atoms with E-state index in [2.05, 4.69) is 20.4 Å². The van der Waals surface area contributed by atoms with Crippen LogP contribution in [0, 0.1) is 5.92 Å². The van der Waals surface area contributed by atoms with Gasteiger partial charge in [0.2, 0.25) is 0 Å². The summed E-state index contributed by atoms with van der Waals surface area (Å²) >= 11 is 0. The predicted molar refractivity (Wildman–Crippen MR) is 81.8 cm³/mol. The van der Waals surface area contributed by atoms with Crippen LogP contribution in [0.4, 0.5) is 0 Å². The molecule has 0 aromatic heterocycles. The van der Waals surface area contributed by atoms with Crippen LogP contribution in [-0.2, 0) is 9.53 Å². The summed E-state index contributed by atoms with van der Waals surface area (Å²) in [6.07, 6.45) is 8.44. The molecule has 0 aliphatic heterocycles. The molecule has 1 rings (SSSR count). The molecule has 0 unspecified atom stereocenters. The largest absolute Gasteiger partial charge is 0.469 e. The molecule has 0 amide bonds. The lowest BCUT2D eigenvalue weighted by Crippen LogP contribution is -2.38. The number of hydrogen-bond donors (Lipinski definition) is 2. The molecule has 5 heteroatoms. The van der Waals surface area contributed by atoms with Gasteiger partial charge >= 0.3 is 5.97 Å². The van der Waals surface area contributed by atoms with Gasteiger partial charge in [0.25, 0.3) is 0 Å². The van der Waals surface area contributed by atoms with Crippen LogP contribution < -0.4 is 10.6 Å². The molecule has 2 N–H and O–H groups in total. The summed E-state index contributed by atoms with van der Waals surface area (Å²) in [6, 6.07) is 0. The van der Waals surface area contributed by atoms with Gasteiger partial charge in [-0.1, -0.05) is 25.7 Å². The van der Waals surface area contributed by atoms with Crippen LogP contribution in [0.25, 0.3) is 0 Å². The second-order valence-electron chi connectivity index (χ2n) is 5.31. The SMILES string of the molecule is CCNC(=NCCCC1CCCC1)NCCC(=O)OC. The zero-order valence-corrected chi connectivity index (χ0v) is 12.9. The number of nitrogens with zero attached hydrogens (tertiary/aromatic N) is 1. The lowest BCUT2D eigenvalue weighted by Gasteiger charge is -2.11. The molecule has 20 heavy (non-hydrogen) atoms. The number of hydrogen-bond acceptors (Lipinski definition) is 3. The van der Waals surface area contributed by atoms with Crippen LogP contribution >= 0.6 is 0 Å². The zero-order chi connectivity index (χ0) is 14.6.